The Bertz CT molecular complexity index is 813. The summed E-state index contributed by atoms with van der Waals surface area (Å²) in [6, 6.07) is 10.9. The monoisotopic (exact) mass is 378 g/mol. The third kappa shape index (κ3) is 2.94. The number of rotatable bonds is 4. The highest BCUT2D eigenvalue weighted by Crippen LogP contribution is 2.45. The smallest absolute Gasteiger partial charge is 0.316 e. The highest BCUT2D eigenvalue weighted by atomic mass is 35.5. The molecule has 0 aromatic heterocycles. The maximum atomic E-state index is 12.8. The van der Waals surface area contributed by atoms with Crippen LogP contribution in [0.3, 0.4) is 0 Å². The summed E-state index contributed by atoms with van der Waals surface area (Å²) in [6.07, 6.45) is 2.56. The summed E-state index contributed by atoms with van der Waals surface area (Å²) in [4.78, 5) is 12.8. The van der Waals surface area contributed by atoms with Crippen molar-refractivity contribution < 1.29 is 19.0 Å². The van der Waals surface area contributed by atoms with Gasteiger partial charge in [0, 0.05) is 16.7 Å². The molecule has 1 fully saturated rings. The highest BCUT2D eigenvalue weighted by Gasteiger charge is 2.47. The van der Waals surface area contributed by atoms with Crippen molar-refractivity contribution in [1.29, 1.82) is 0 Å². The first-order valence-corrected chi connectivity index (χ1v) is 8.85. The Morgan fingerprint density at radius 1 is 1.08 bits per heavy atom. The molecule has 0 spiro atoms. The van der Waals surface area contributed by atoms with Crippen LogP contribution in [0.2, 0.25) is 10.0 Å². The van der Waals surface area contributed by atoms with E-state index in [-0.39, 0.29) is 19.4 Å². The van der Waals surface area contributed by atoms with E-state index in [1.165, 1.54) is 0 Å². The van der Waals surface area contributed by atoms with Gasteiger partial charge >= 0.3 is 5.97 Å². The molecule has 0 unspecified atom stereocenters. The Morgan fingerprint density at radius 2 is 1.76 bits per heavy atom. The van der Waals surface area contributed by atoms with Gasteiger partial charge in [-0.1, -0.05) is 41.8 Å². The maximum absolute atomic E-state index is 12.8. The summed E-state index contributed by atoms with van der Waals surface area (Å²) in [5.41, 5.74) is 1.07. The lowest BCUT2D eigenvalue weighted by atomic mass is 9.64. The average molecular weight is 379 g/mol. The van der Waals surface area contributed by atoms with Crippen LogP contribution in [0.15, 0.2) is 36.4 Å². The van der Waals surface area contributed by atoms with Gasteiger partial charge in [0.2, 0.25) is 6.79 Å². The van der Waals surface area contributed by atoms with Gasteiger partial charge < -0.3 is 14.2 Å². The van der Waals surface area contributed by atoms with E-state index in [9.17, 15) is 4.79 Å². The standard InChI is InChI=1S/C19H16Cl2O4/c20-14-4-2-13(3-5-14)19(6-1-7-19)18(22)23-10-12-8-16-17(9-15(12)21)25-11-24-16/h2-5,8-9H,1,6-7,10-11H2. The fourth-order valence-electron chi connectivity index (χ4n) is 3.26. The Morgan fingerprint density at radius 3 is 2.40 bits per heavy atom. The van der Waals surface area contributed by atoms with Gasteiger partial charge in [-0.3, -0.25) is 4.79 Å². The second-order valence-corrected chi connectivity index (χ2v) is 7.16. The summed E-state index contributed by atoms with van der Waals surface area (Å²) < 4.78 is 16.2. The van der Waals surface area contributed by atoms with Gasteiger partial charge in [-0.25, -0.2) is 0 Å². The van der Waals surface area contributed by atoms with Gasteiger partial charge in [0.15, 0.2) is 11.5 Å². The molecule has 1 aliphatic carbocycles. The Balaban J connectivity index is 1.51. The lowest BCUT2D eigenvalue weighted by molar-refractivity contribution is -0.155. The van der Waals surface area contributed by atoms with Crippen LogP contribution in [0, 0.1) is 0 Å². The zero-order chi connectivity index (χ0) is 17.4. The lowest BCUT2D eigenvalue weighted by Crippen LogP contribution is -2.43. The second-order valence-electron chi connectivity index (χ2n) is 6.32. The van der Waals surface area contributed by atoms with Gasteiger partial charge in [0.1, 0.15) is 6.61 Å². The van der Waals surface area contributed by atoms with Crippen LogP contribution >= 0.6 is 23.2 Å². The van der Waals surface area contributed by atoms with Crippen molar-refractivity contribution in [3.05, 3.63) is 57.6 Å². The van der Waals surface area contributed by atoms with Crippen LogP contribution in [-0.2, 0) is 21.6 Å². The molecule has 1 saturated carbocycles. The van der Waals surface area contributed by atoms with Crippen molar-refractivity contribution in [3.63, 3.8) is 0 Å². The van der Waals surface area contributed by atoms with Crippen molar-refractivity contribution in [2.24, 2.45) is 0 Å². The van der Waals surface area contributed by atoms with E-state index in [0.29, 0.717) is 27.1 Å². The minimum absolute atomic E-state index is 0.101. The SMILES string of the molecule is O=C(OCc1cc2c(cc1Cl)OCO2)C1(c2ccc(Cl)cc2)CCC1. The van der Waals surface area contributed by atoms with E-state index in [4.69, 9.17) is 37.4 Å². The number of ether oxygens (including phenoxy) is 3. The second kappa shape index (κ2) is 6.43. The molecule has 2 aromatic carbocycles. The normalized spacial score (nSPS) is 17.0. The highest BCUT2D eigenvalue weighted by molar-refractivity contribution is 6.31. The van der Waals surface area contributed by atoms with Gasteiger partial charge in [0.05, 0.1) is 10.4 Å². The molecule has 2 aromatic rings. The molecule has 25 heavy (non-hydrogen) atoms. The van der Waals surface area contributed by atoms with Gasteiger partial charge in [0.25, 0.3) is 0 Å². The van der Waals surface area contributed by atoms with Crippen molar-refractivity contribution in [2.75, 3.05) is 6.79 Å². The van der Waals surface area contributed by atoms with E-state index in [0.717, 1.165) is 24.8 Å². The third-order valence-electron chi connectivity index (χ3n) is 4.90. The van der Waals surface area contributed by atoms with Crippen LogP contribution in [0.1, 0.15) is 30.4 Å². The molecule has 4 nitrogen and oxygen atoms in total. The van der Waals surface area contributed by atoms with Crippen LogP contribution < -0.4 is 9.47 Å². The minimum Gasteiger partial charge on any atom is -0.460 e. The molecular weight excluding hydrogens is 363 g/mol. The van der Waals surface area contributed by atoms with E-state index in [1.807, 2.05) is 12.1 Å². The Hall–Kier alpha value is -1.91. The van der Waals surface area contributed by atoms with Gasteiger partial charge in [-0.05, 0) is 36.6 Å². The minimum atomic E-state index is -0.576. The molecule has 0 radical (unpaired) electrons. The molecule has 0 amide bonds. The molecule has 1 heterocycles. The van der Waals surface area contributed by atoms with Crippen LogP contribution in [0.5, 0.6) is 11.5 Å². The number of hydrogen-bond donors (Lipinski definition) is 0. The molecule has 0 bridgehead atoms. The van der Waals surface area contributed by atoms with Gasteiger partial charge in [-0.15, -0.1) is 0 Å². The molecule has 0 atom stereocenters. The number of halogens is 2. The fraction of sp³-hybridized carbons (Fsp3) is 0.316. The first-order chi connectivity index (χ1) is 12.1. The number of carbonyl (C=O) groups is 1. The molecule has 0 saturated heterocycles. The number of benzene rings is 2. The third-order valence-corrected chi connectivity index (χ3v) is 5.50. The van der Waals surface area contributed by atoms with Crippen LogP contribution in [0.4, 0.5) is 0 Å². The van der Waals surface area contributed by atoms with Gasteiger partial charge in [-0.2, -0.15) is 0 Å². The van der Waals surface area contributed by atoms with E-state index >= 15 is 0 Å². The van der Waals surface area contributed by atoms with E-state index < -0.39 is 5.41 Å². The Labute approximate surface area is 155 Å². The molecule has 0 N–H and O–H groups in total. The summed E-state index contributed by atoms with van der Waals surface area (Å²) in [6.45, 7) is 0.276. The Kier molecular flexibility index (Phi) is 4.26. The summed E-state index contributed by atoms with van der Waals surface area (Å²) in [5, 5.41) is 1.14. The van der Waals surface area contributed by atoms with Crippen LogP contribution in [0.25, 0.3) is 0 Å². The zero-order valence-electron chi connectivity index (χ0n) is 13.4. The quantitative estimate of drug-likeness (QED) is 0.710. The fourth-order valence-corrected chi connectivity index (χ4v) is 3.60. The van der Waals surface area contributed by atoms with Crippen molar-refractivity contribution in [1.82, 2.24) is 0 Å². The molecule has 1 aliphatic heterocycles. The van der Waals surface area contributed by atoms with E-state index in [1.54, 1.807) is 24.3 Å². The number of hydrogen-bond acceptors (Lipinski definition) is 4. The zero-order valence-corrected chi connectivity index (χ0v) is 14.9. The summed E-state index contributed by atoms with van der Waals surface area (Å²) in [7, 11) is 0. The number of esters is 1. The number of fused-ring (bicyclic) bond motifs is 1. The van der Waals surface area contributed by atoms with Crippen LogP contribution in [-0.4, -0.2) is 12.8 Å². The molecule has 4 rings (SSSR count). The predicted octanol–water partition coefficient (Wildman–Crippen LogP) is 4.89. The summed E-state index contributed by atoms with van der Waals surface area (Å²) >= 11 is 12.2. The largest absolute Gasteiger partial charge is 0.460 e. The predicted molar refractivity (Wildman–Crippen MR) is 94.4 cm³/mol. The van der Waals surface area contributed by atoms with E-state index in [2.05, 4.69) is 0 Å². The molecular formula is C19H16Cl2O4. The van der Waals surface area contributed by atoms with Crippen molar-refractivity contribution >= 4 is 29.2 Å². The summed E-state index contributed by atoms with van der Waals surface area (Å²) in [5.74, 6) is 0.998. The lowest BCUT2D eigenvalue weighted by Gasteiger charge is -2.39. The molecule has 2 aliphatic rings. The molecule has 6 heteroatoms. The van der Waals surface area contributed by atoms with Crippen molar-refractivity contribution in [2.45, 2.75) is 31.3 Å². The molecule has 130 valence electrons. The average Bonchev–Trinajstić information content (AvgIpc) is 3.00. The maximum Gasteiger partial charge on any atom is 0.316 e. The number of carbonyl (C=O) groups excluding carboxylic acids is 1. The first kappa shape index (κ1) is 16.6. The first-order valence-electron chi connectivity index (χ1n) is 8.10. The van der Waals surface area contributed by atoms with Crippen molar-refractivity contribution in [3.8, 4) is 11.5 Å². The topological polar surface area (TPSA) is 44.8 Å².